The number of carbonyl (C=O) groups excluding carboxylic acids is 1. The zero-order valence-corrected chi connectivity index (χ0v) is 15.1. The average Bonchev–Trinajstić information content (AvgIpc) is 2.59. The lowest BCUT2D eigenvalue weighted by molar-refractivity contribution is -0.125. The van der Waals surface area contributed by atoms with E-state index >= 15 is 0 Å². The molecule has 1 aliphatic rings. The first-order valence-corrected chi connectivity index (χ1v) is 9.44. The summed E-state index contributed by atoms with van der Waals surface area (Å²) in [5.41, 5.74) is 0. The van der Waals surface area contributed by atoms with Gasteiger partial charge >= 0.3 is 0 Å². The van der Waals surface area contributed by atoms with Gasteiger partial charge in [0.25, 0.3) is 0 Å². The number of methoxy groups -OCH3 is 1. The standard InChI is InChI=1S/C16H21ClN2O4S/c1-3-8-18-16(20)12-5-4-9-19(11-12)24(21,22)15-10-13(17)6-7-14(15)23-2/h3,6-7,10,12H,1,4-5,8-9,11H2,2H3,(H,18,20)/t12-/m1/s1. The summed E-state index contributed by atoms with van der Waals surface area (Å²) in [4.78, 5) is 12.1. The fraction of sp³-hybridized carbons (Fsp3) is 0.438. The maximum absolute atomic E-state index is 12.9. The number of hydrogen-bond donors (Lipinski definition) is 1. The normalized spacial score (nSPS) is 18.8. The van der Waals surface area contributed by atoms with Crippen LogP contribution in [-0.2, 0) is 14.8 Å². The van der Waals surface area contributed by atoms with Crippen LogP contribution in [0.15, 0.2) is 35.7 Å². The molecule has 1 fully saturated rings. The number of ether oxygens (including phenoxy) is 1. The van der Waals surface area contributed by atoms with Crippen molar-refractivity contribution in [1.29, 1.82) is 0 Å². The minimum atomic E-state index is -3.79. The third-order valence-corrected chi connectivity index (χ3v) is 6.04. The maximum Gasteiger partial charge on any atom is 0.246 e. The Kier molecular flexibility index (Phi) is 6.26. The molecule has 2 rings (SSSR count). The smallest absolute Gasteiger partial charge is 0.246 e. The first kappa shape index (κ1) is 18.8. The number of hydrogen-bond acceptors (Lipinski definition) is 4. The van der Waals surface area contributed by atoms with Gasteiger partial charge in [0, 0.05) is 24.7 Å². The Labute approximate surface area is 147 Å². The summed E-state index contributed by atoms with van der Waals surface area (Å²) in [7, 11) is -2.38. The highest BCUT2D eigenvalue weighted by Gasteiger charge is 2.34. The molecule has 24 heavy (non-hydrogen) atoms. The number of rotatable bonds is 6. The topological polar surface area (TPSA) is 75.7 Å². The Balaban J connectivity index is 2.24. The zero-order valence-electron chi connectivity index (χ0n) is 13.5. The van der Waals surface area contributed by atoms with Gasteiger partial charge in [-0.1, -0.05) is 17.7 Å². The quantitative estimate of drug-likeness (QED) is 0.775. The number of nitrogens with one attached hydrogen (secondary N) is 1. The predicted molar refractivity (Wildman–Crippen MR) is 92.7 cm³/mol. The molecule has 0 aromatic heterocycles. The highest BCUT2D eigenvalue weighted by atomic mass is 35.5. The minimum absolute atomic E-state index is 0.0182. The first-order chi connectivity index (χ1) is 11.4. The third kappa shape index (κ3) is 4.09. The molecule has 0 bridgehead atoms. The Morgan fingerprint density at radius 1 is 1.54 bits per heavy atom. The van der Waals surface area contributed by atoms with Gasteiger partial charge in [-0.2, -0.15) is 4.31 Å². The second kappa shape index (κ2) is 8.00. The Bertz CT molecular complexity index is 721. The zero-order chi connectivity index (χ0) is 17.7. The summed E-state index contributed by atoms with van der Waals surface area (Å²) in [6.07, 6.45) is 2.86. The molecular formula is C16H21ClN2O4S. The van der Waals surface area contributed by atoms with Crippen LogP contribution >= 0.6 is 11.6 Å². The van der Waals surface area contributed by atoms with E-state index in [-0.39, 0.29) is 29.0 Å². The van der Waals surface area contributed by atoms with Crippen LogP contribution < -0.4 is 10.1 Å². The molecule has 132 valence electrons. The molecule has 1 amide bonds. The van der Waals surface area contributed by atoms with Crippen molar-refractivity contribution >= 4 is 27.5 Å². The molecule has 0 unspecified atom stereocenters. The van der Waals surface area contributed by atoms with Gasteiger partial charge in [0.2, 0.25) is 15.9 Å². The molecule has 0 spiro atoms. The number of benzene rings is 1. The van der Waals surface area contributed by atoms with Crippen LogP contribution in [0.5, 0.6) is 5.75 Å². The van der Waals surface area contributed by atoms with Crippen molar-refractivity contribution in [2.75, 3.05) is 26.7 Å². The van der Waals surface area contributed by atoms with Crippen molar-refractivity contribution in [3.8, 4) is 5.75 Å². The van der Waals surface area contributed by atoms with E-state index in [2.05, 4.69) is 11.9 Å². The highest BCUT2D eigenvalue weighted by molar-refractivity contribution is 7.89. The molecule has 8 heteroatoms. The number of sulfonamides is 1. The van der Waals surface area contributed by atoms with Crippen LogP contribution in [-0.4, -0.2) is 45.4 Å². The van der Waals surface area contributed by atoms with Gasteiger partial charge in [-0.3, -0.25) is 4.79 Å². The molecule has 1 aromatic rings. The number of amides is 1. The highest BCUT2D eigenvalue weighted by Crippen LogP contribution is 2.31. The molecule has 0 aliphatic carbocycles. The number of piperidine rings is 1. The Morgan fingerprint density at radius 3 is 2.96 bits per heavy atom. The summed E-state index contributed by atoms with van der Waals surface area (Å²) in [6.45, 7) is 4.42. The van der Waals surface area contributed by atoms with E-state index in [1.54, 1.807) is 12.1 Å². The van der Waals surface area contributed by atoms with Gasteiger partial charge in [0.05, 0.1) is 13.0 Å². The summed E-state index contributed by atoms with van der Waals surface area (Å²) in [5.74, 6) is -0.302. The molecule has 1 aliphatic heterocycles. The summed E-state index contributed by atoms with van der Waals surface area (Å²) in [5, 5.41) is 3.03. The van der Waals surface area contributed by atoms with E-state index in [0.29, 0.717) is 31.0 Å². The SMILES string of the molecule is C=CCNC(=O)[C@@H]1CCCN(S(=O)(=O)c2cc(Cl)ccc2OC)C1. The third-order valence-electron chi connectivity index (χ3n) is 3.92. The molecular weight excluding hydrogens is 352 g/mol. The monoisotopic (exact) mass is 372 g/mol. The molecule has 1 aromatic carbocycles. The lowest BCUT2D eigenvalue weighted by Crippen LogP contribution is -2.45. The van der Waals surface area contributed by atoms with Gasteiger partial charge in [-0.25, -0.2) is 8.42 Å². The number of halogens is 1. The number of nitrogens with zero attached hydrogens (tertiary/aromatic N) is 1. The average molecular weight is 373 g/mol. The van der Waals surface area contributed by atoms with Crippen LogP contribution in [0, 0.1) is 5.92 Å². The van der Waals surface area contributed by atoms with Crippen LogP contribution in [0.25, 0.3) is 0 Å². The van der Waals surface area contributed by atoms with E-state index in [1.807, 2.05) is 0 Å². The van der Waals surface area contributed by atoms with Gasteiger partial charge in [-0.15, -0.1) is 6.58 Å². The van der Waals surface area contributed by atoms with Crippen molar-refractivity contribution in [2.24, 2.45) is 5.92 Å². The maximum atomic E-state index is 12.9. The molecule has 6 nitrogen and oxygen atoms in total. The van der Waals surface area contributed by atoms with Crippen molar-refractivity contribution in [3.05, 3.63) is 35.9 Å². The second-order valence-corrected chi connectivity index (χ2v) is 7.87. The van der Waals surface area contributed by atoms with Crippen molar-refractivity contribution in [1.82, 2.24) is 9.62 Å². The van der Waals surface area contributed by atoms with Crippen LogP contribution in [0.4, 0.5) is 0 Å². The molecule has 1 N–H and O–H groups in total. The van der Waals surface area contributed by atoms with Crippen LogP contribution in [0.3, 0.4) is 0 Å². The van der Waals surface area contributed by atoms with Crippen molar-refractivity contribution < 1.29 is 17.9 Å². The van der Waals surface area contributed by atoms with Gasteiger partial charge in [0.1, 0.15) is 10.6 Å². The van der Waals surface area contributed by atoms with E-state index in [1.165, 1.54) is 23.5 Å². The number of carbonyl (C=O) groups is 1. The largest absolute Gasteiger partial charge is 0.495 e. The molecule has 0 saturated carbocycles. The van der Waals surface area contributed by atoms with E-state index < -0.39 is 10.0 Å². The van der Waals surface area contributed by atoms with Gasteiger partial charge in [-0.05, 0) is 31.0 Å². The summed E-state index contributed by atoms with van der Waals surface area (Å²) in [6, 6.07) is 4.46. The van der Waals surface area contributed by atoms with Crippen LogP contribution in [0.2, 0.25) is 5.02 Å². The predicted octanol–water partition coefficient (Wildman–Crippen LogP) is 2.05. The Morgan fingerprint density at radius 2 is 2.29 bits per heavy atom. The van der Waals surface area contributed by atoms with Crippen molar-refractivity contribution in [2.45, 2.75) is 17.7 Å². The Hall–Kier alpha value is -1.57. The lowest BCUT2D eigenvalue weighted by atomic mass is 9.99. The fourth-order valence-corrected chi connectivity index (χ4v) is 4.63. The molecule has 0 radical (unpaired) electrons. The molecule has 1 heterocycles. The van der Waals surface area contributed by atoms with Gasteiger partial charge < -0.3 is 10.1 Å². The van der Waals surface area contributed by atoms with E-state index in [0.717, 1.165) is 0 Å². The molecule has 1 atom stereocenters. The lowest BCUT2D eigenvalue weighted by Gasteiger charge is -2.31. The molecule has 1 saturated heterocycles. The van der Waals surface area contributed by atoms with Crippen LogP contribution in [0.1, 0.15) is 12.8 Å². The van der Waals surface area contributed by atoms with Crippen molar-refractivity contribution in [3.63, 3.8) is 0 Å². The second-order valence-electron chi connectivity index (χ2n) is 5.53. The first-order valence-electron chi connectivity index (χ1n) is 7.62. The summed E-state index contributed by atoms with van der Waals surface area (Å²) < 4.78 is 32.4. The van der Waals surface area contributed by atoms with Gasteiger partial charge in [0.15, 0.2) is 0 Å². The minimum Gasteiger partial charge on any atom is -0.495 e. The van der Waals surface area contributed by atoms with E-state index in [4.69, 9.17) is 16.3 Å². The van der Waals surface area contributed by atoms with E-state index in [9.17, 15) is 13.2 Å². The summed E-state index contributed by atoms with van der Waals surface area (Å²) >= 11 is 5.94. The fourth-order valence-electron chi connectivity index (χ4n) is 2.68.